The van der Waals surface area contributed by atoms with E-state index in [1.807, 2.05) is 26.0 Å². The molecule has 0 fully saturated rings. The number of esters is 1. The maximum absolute atomic E-state index is 12.4. The Kier molecular flexibility index (Phi) is 8.34. The highest BCUT2D eigenvalue weighted by Gasteiger charge is 2.20. The molecule has 0 aliphatic heterocycles. The van der Waals surface area contributed by atoms with Gasteiger partial charge >= 0.3 is 5.97 Å². The summed E-state index contributed by atoms with van der Waals surface area (Å²) in [5.41, 5.74) is 1.21. The number of carbonyl (C=O) groups excluding carboxylic acids is 2. The Bertz CT molecular complexity index is 836. The first-order valence-corrected chi connectivity index (χ1v) is 9.72. The van der Waals surface area contributed by atoms with Gasteiger partial charge in [0.05, 0.1) is 12.7 Å². The molecule has 1 unspecified atom stereocenters. The van der Waals surface area contributed by atoms with Gasteiger partial charge in [-0.1, -0.05) is 37.6 Å². The minimum absolute atomic E-state index is 0.268. The second kappa shape index (κ2) is 10.7. The fourth-order valence-corrected chi connectivity index (χ4v) is 2.51. The lowest BCUT2D eigenvalue weighted by Crippen LogP contribution is -2.37. The predicted octanol–water partition coefficient (Wildman–Crippen LogP) is 4.25. The van der Waals surface area contributed by atoms with E-state index in [2.05, 4.69) is 5.32 Å². The van der Waals surface area contributed by atoms with Crippen LogP contribution >= 0.6 is 11.6 Å². The van der Waals surface area contributed by atoms with E-state index in [0.29, 0.717) is 35.6 Å². The van der Waals surface area contributed by atoms with Crippen LogP contribution in [0.15, 0.2) is 42.5 Å². The van der Waals surface area contributed by atoms with Gasteiger partial charge in [0.25, 0.3) is 5.91 Å². The summed E-state index contributed by atoms with van der Waals surface area (Å²) in [5.74, 6) is 0.250. The van der Waals surface area contributed by atoms with Crippen molar-refractivity contribution in [3.05, 3.63) is 58.6 Å². The number of hydrogen-bond acceptors (Lipinski definition) is 5. The summed E-state index contributed by atoms with van der Waals surface area (Å²) in [6, 6.07) is 12.0. The van der Waals surface area contributed by atoms with Gasteiger partial charge in [-0.15, -0.1) is 0 Å². The molecule has 1 amide bonds. The van der Waals surface area contributed by atoms with Crippen molar-refractivity contribution >= 4 is 23.5 Å². The molecule has 2 aromatic carbocycles. The Balaban J connectivity index is 2.00. The van der Waals surface area contributed by atoms with Gasteiger partial charge in [0, 0.05) is 11.6 Å². The van der Waals surface area contributed by atoms with E-state index in [9.17, 15) is 9.59 Å². The van der Waals surface area contributed by atoms with Gasteiger partial charge in [0.1, 0.15) is 6.61 Å². The minimum Gasteiger partial charge on any atom is -0.493 e. The number of benzene rings is 2. The number of rotatable bonds is 9. The molecule has 0 aliphatic rings. The van der Waals surface area contributed by atoms with Crippen LogP contribution in [-0.2, 0) is 16.1 Å². The topological polar surface area (TPSA) is 73.9 Å². The van der Waals surface area contributed by atoms with Gasteiger partial charge < -0.3 is 19.5 Å². The van der Waals surface area contributed by atoms with E-state index < -0.39 is 12.1 Å². The number of carbonyl (C=O) groups is 2. The second-order valence-electron chi connectivity index (χ2n) is 6.97. The van der Waals surface area contributed by atoms with Gasteiger partial charge in [0.2, 0.25) is 0 Å². The number of halogens is 1. The van der Waals surface area contributed by atoms with E-state index in [0.717, 1.165) is 5.56 Å². The number of amides is 1. The molecule has 156 valence electrons. The molecule has 0 bridgehead atoms. The molecule has 1 atom stereocenters. The van der Waals surface area contributed by atoms with Gasteiger partial charge in [-0.05, 0) is 48.7 Å². The molecule has 0 aromatic heterocycles. The SMILES string of the molecule is COc1cc(C(=O)OC(C)C(=O)NCC(C)C)ccc1OCc1ccc(Cl)cc1. The monoisotopic (exact) mass is 419 g/mol. The number of ether oxygens (including phenoxy) is 3. The fourth-order valence-electron chi connectivity index (χ4n) is 2.39. The first-order chi connectivity index (χ1) is 13.8. The second-order valence-corrected chi connectivity index (χ2v) is 7.40. The molecule has 0 radical (unpaired) electrons. The lowest BCUT2D eigenvalue weighted by Gasteiger charge is -2.15. The van der Waals surface area contributed by atoms with Gasteiger partial charge in [0.15, 0.2) is 17.6 Å². The molecular formula is C22H26ClNO5. The van der Waals surface area contributed by atoms with Crippen molar-refractivity contribution < 1.29 is 23.8 Å². The summed E-state index contributed by atoms with van der Waals surface area (Å²) in [6.45, 7) is 6.35. The van der Waals surface area contributed by atoms with E-state index in [1.165, 1.54) is 20.1 Å². The summed E-state index contributed by atoms with van der Waals surface area (Å²) < 4.78 is 16.4. The summed E-state index contributed by atoms with van der Waals surface area (Å²) >= 11 is 5.88. The van der Waals surface area contributed by atoms with Crippen molar-refractivity contribution in [1.29, 1.82) is 0 Å². The number of hydrogen-bond donors (Lipinski definition) is 1. The van der Waals surface area contributed by atoms with Crippen LogP contribution in [0.5, 0.6) is 11.5 Å². The Hall–Kier alpha value is -2.73. The van der Waals surface area contributed by atoms with E-state index in [1.54, 1.807) is 24.3 Å². The minimum atomic E-state index is -0.895. The van der Waals surface area contributed by atoms with Crippen LogP contribution in [0.4, 0.5) is 0 Å². The lowest BCUT2D eigenvalue weighted by atomic mass is 10.2. The highest BCUT2D eigenvalue weighted by Crippen LogP contribution is 2.29. The third-order valence-electron chi connectivity index (χ3n) is 4.04. The first kappa shape index (κ1) is 22.6. The molecule has 2 rings (SSSR count). The average Bonchev–Trinajstić information content (AvgIpc) is 2.71. The van der Waals surface area contributed by atoms with Crippen LogP contribution in [0, 0.1) is 5.92 Å². The molecule has 0 saturated heterocycles. The van der Waals surface area contributed by atoms with Crippen LogP contribution in [0.2, 0.25) is 5.02 Å². The Morgan fingerprint density at radius 3 is 2.34 bits per heavy atom. The van der Waals surface area contributed by atoms with Crippen molar-refractivity contribution in [2.75, 3.05) is 13.7 Å². The molecule has 7 heteroatoms. The number of nitrogens with one attached hydrogen (secondary N) is 1. The molecule has 0 heterocycles. The zero-order chi connectivity index (χ0) is 21.4. The lowest BCUT2D eigenvalue weighted by molar-refractivity contribution is -0.129. The van der Waals surface area contributed by atoms with Gasteiger partial charge in [-0.2, -0.15) is 0 Å². The summed E-state index contributed by atoms with van der Waals surface area (Å²) in [7, 11) is 1.49. The molecular weight excluding hydrogens is 394 g/mol. The zero-order valence-corrected chi connectivity index (χ0v) is 17.8. The molecule has 6 nitrogen and oxygen atoms in total. The predicted molar refractivity (Wildman–Crippen MR) is 112 cm³/mol. The Morgan fingerprint density at radius 1 is 1.03 bits per heavy atom. The summed E-state index contributed by atoms with van der Waals surface area (Å²) in [6.07, 6.45) is -0.895. The van der Waals surface area contributed by atoms with E-state index >= 15 is 0 Å². The molecule has 29 heavy (non-hydrogen) atoms. The quantitative estimate of drug-likeness (QED) is 0.615. The molecule has 0 spiro atoms. The maximum Gasteiger partial charge on any atom is 0.339 e. The Labute approximate surface area is 176 Å². The van der Waals surface area contributed by atoms with Crippen molar-refractivity contribution in [3.63, 3.8) is 0 Å². The molecule has 0 aliphatic carbocycles. The fraction of sp³-hybridized carbons (Fsp3) is 0.364. The van der Waals surface area contributed by atoms with Crippen LogP contribution in [0.1, 0.15) is 36.7 Å². The summed E-state index contributed by atoms with van der Waals surface area (Å²) in [4.78, 5) is 24.4. The highest BCUT2D eigenvalue weighted by atomic mass is 35.5. The normalized spacial score (nSPS) is 11.7. The zero-order valence-electron chi connectivity index (χ0n) is 17.0. The van der Waals surface area contributed by atoms with Crippen LogP contribution < -0.4 is 14.8 Å². The molecule has 1 N–H and O–H groups in total. The third kappa shape index (κ3) is 6.98. The van der Waals surface area contributed by atoms with Crippen LogP contribution in [0.3, 0.4) is 0 Å². The standard InChI is InChI=1S/C22H26ClNO5/c1-14(2)12-24-21(25)15(3)29-22(26)17-7-10-19(20(11-17)27-4)28-13-16-5-8-18(23)9-6-16/h5-11,14-15H,12-13H2,1-4H3,(H,24,25). The van der Waals surface area contributed by atoms with Crippen molar-refractivity contribution in [3.8, 4) is 11.5 Å². The van der Waals surface area contributed by atoms with E-state index in [4.69, 9.17) is 25.8 Å². The highest BCUT2D eigenvalue weighted by molar-refractivity contribution is 6.30. The molecule has 2 aromatic rings. The van der Waals surface area contributed by atoms with Crippen LogP contribution in [0.25, 0.3) is 0 Å². The smallest absolute Gasteiger partial charge is 0.339 e. The van der Waals surface area contributed by atoms with Gasteiger partial charge in [-0.25, -0.2) is 4.79 Å². The average molecular weight is 420 g/mol. The van der Waals surface area contributed by atoms with Crippen LogP contribution in [-0.4, -0.2) is 31.6 Å². The van der Waals surface area contributed by atoms with E-state index in [-0.39, 0.29) is 11.5 Å². The largest absolute Gasteiger partial charge is 0.493 e. The molecule has 0 saturated carbocycles. The maximum atomic E-state index is 12.4. The number of methoxy groups -OCH3 is 1. The van der Waals surface area contributed by atoms with Crippen molar-refractivity contribution in [2.24, 2.45) is 5.92 Å². The summed E-state index contributed by atoms with van der Waals surface area (Å²) in [5, 5.41) is 3.39. The third-order valence-corrected chi connectivity index (χ3v) is 4.30. The van der Waals surface area contributed by atoms with Crippen molar-refractivity contribution in [1.82, 2.24) is 5.32 Å². The Morgan fingerprint density at radius 2 is 1.72 bits per heavy atom. The van der Waals surface area contributed by atoms with Gasteiger partial charge in [-0.3, -0.25) is 4.79 Å². The first-order valence-electron chi connectivity index (χ1n) is 9.34. The van der Waals surface area contributed by atoms with Crippen molar-refractivity contribution in [2.45, 2.75) is 33.5 Å².